The molecule has 0 aromatic carbocycles. The van der Waals surface area contributed by atoms with Crippen LogP contribution in [0.2, 0.25) is 0 Å². The highest BCUT2D eigenvalue weighted by molar-refractivity contribution is 5.79. The minimum Gasteiger partial charge on any atom is -0.469 e. The minimum atomic E-state index is 0.125. The fourth-order valence-corrected chi connectivity index (χ4v) is 2.17. The lowest BCUT2D eigenvalue weighted by atomic mass is 9.93. The second kappa shape index (κ2) is 5.71. The van der Waals surface area contributed by atoms with Gasteiger partial charge in [0.05, 0.1) is 6.26 Å². The van der Waals surface area contributed by atoms with Crippen molar-refractivity contribution in [3.8, 4) is 0 Å². The highest BCUT2D eigenvalue weighted by Gasteiger charge is 2.20. The lowest BCUT2D eigenvalue weighted by Crippen LogP contribution is -2.38. The van der Waals surface area contributed by atoms with Crippen LogP contribution in [0.5, 0.6) is 0 Å². The van der Waals surface area contributed by atoms with Crippen molar-refractivity contribution in [2.45, 2.75) is 38.6 Å². The second-order valence-electron chi connectivity index (χ2n) is 4.67. The summed E-state index contributed by atoms with van der Waals surface area (Å²) >= 11 is 0. The summed E-state index contributed by atoms with van der Waals surface area (Å²) in [6.45, 7) is 2.01. The molecule has 17 heavy (non-hydrogen) atoms. The fourth-order valence-electron chi connectivity index (χ4n) is 2.17. The molecule has 0 saturated heterocycles. The van der Waals surface area contributed by atoms with Crippen LogP contribution in [-0.2, 0) is 11.2 Å². The summed E-state index contributed by atoms with van der Waals surface area (Å²) in [5.41, 5.74) is 0. The second-order valence-corrected chi connectivity index (χ2v) is 4.67. The maximum absolute atomic E-state index is 12.0. The Bertz CT molecular complexity index is 381. The number of amides is 1. The molecule has 1 heterocycles. The summed E-state index contributed by atoms with van der Waals surface area (Å²) in [6, 6.07) is 3.93. The molecule has 0 saturated carbocycles. The first-order valence-corrected chi connectivity index (χ1v) is 6.23. The Morgan fingerprint density at radius 2 is 2.47 bits per heavy atom. The van der Waals surface area contributed by atoms with E-state index in [9.17, 15) is 4.79 Å². The summed E-state index contributed by atoms with van der Waals surface area (Å²) in [4.78, 5) is 12.0. The molecule has 1 aromatic rings. The zero-order valence-corrected chi connectivity index (χ0v) is 10.2. The van der Waals surface area contributed by atoms with E-state index in [0.29, 0.717) is 0 Å². The molecular weight excluding hydrogens is 214 g/mol. The van der Waals surface area contributed by atoms with Gasteiger partial charge in [0.1, 0.15) is 5.76 Å². The molecule has 1 aliphatic rings. The van der Waals surface area contributed by atoms with Gasteiger partial charge in [-0.1, -0.05) is 12.2 Å². The summed E-state index contributed by atoms with van der Waals surface area (Å²) in [7, 11) is 0. The van der Waals surface area contributed by atoms with E-state index in [2.05, 4.69) is 17.5 Å². The standard InChI is InChI=1S/C14H19NO2/c1-11(10-13-8-5-9-17-13)15-14(16)12-6-3-2-4-7-12/h2-3,5,8-9,11-12H,4,6-7,10H2,1H3,(H,15,16). The van der Waals surface area contributed by atoms with Gasteiger partial charge < -0.3 is 9.73 Å². The van der Waals surface area contributed by atoms with Gasteiger partial charge in [0.2, 0.25) is 5.91 Å². The van der Waals surface area contributed by atoms with Crippen molar-refractivity contribution in [3.63, 3.8) is 0 Å². The maximum Gasteiger partial charge on any atom is 0.223 e. The Balaban J connectivity index is 1.79. The van der Waals surface area contributed by atoms with Crippen LogP contribution in [0, 0.1) is 5.92 Å². The molecule has 2 atom stereocenters. The molecule has 92 valence electrons. The zero-order chi connectivity index (χ0) is 12.1. The molecule has 3 heteroatoms. The molecule has 2 rings (SSSR count). The molecule has 1 N–H and O–H groups in total. The van der Waals surface area contributed by atoms with E-state index in [1.54, 1.807) is 6.26 Å². The molecule has 0 fully saturated rings. The van der Waals surface area contributed by atoms with Crippen LogP contribution >= 0.6 is 0 Å². The van der Waals surface area contributed by atoms with Crippen molar-refractivity contribution in [2.75, 3.05) is 0 Å². The van der Waals surface area contributed by atoms with Crippen molar-refractivity contribution >= 4 is 5.91 Å². The van der Waals surface area contributed by atoms with E-state index >= 15 is 0 Å². The maximum atomic E-state index is 12.0. The molecular formula is C14H19NO2. The van der Waals surface area contributed by atoms with E-state index in [-0.39, 0.29) is 17.9 Å². The number of carbonyl (C=O) groups excluding carboxylic acids is 1. The highest BCUT2D eigenvalue weighted by atomic mass is 16.3. The predicted molar refractivity (Wildman–Crippen MR) is 66.5 cm³/mol. The molecule has 0 radical (unpaired) electrons. The van der Waals surface area contributed by atoms with E-state index in [0.717, 1.165) is 31.4 Å². The molecule has 1 aromatic heterocycles. The van der Waals surface area contributed by atoms with Crippen molar-refractivity contribution in [1.29, 1.82) is 0 Å². The van der Waals surface area contributed by atoms with Crippen LogP contribution in [0.25, 0.3) is 0 Å². The molecule has 0 spiro atoms. The smallest absolute Gasteiger partial charge is 0.223 e. The summed E-state index contributed by atoms with van der Waals surface area (Å²) in [5, 5.41) is 3.06. The quantitative estimate of drug-likeness (QED) is 0.812. The van der Waals surface area contributed by atoms with Crippen molar-refractivity contribution in [3.05, 3.63) is 36.3 Å². The van der Waals surface area contributed by atoms with Gasteiger partial charge >= 0.3 is 0 Å². The van der Waals surface area contributed by atoms with Gasteiger partial charge in [-0.05, 0) is 38.3 Å². The van der Waals surface area contributed by atoms with Crippen molar-refractivity contribution < 1.29 is 9.21 Å². The summed E-state index contributed by atoms with van der Waals surface area (Å²) in [5.74, 6) is 1.24. The molecule has 0 bridgehead atoms. The number of nitrogens with one attached hydrogen (secondary N) is 1. The average molecular weight is 233 g/mol. The van der Waals surface area contributed by atoms with Gasteiger partial charge in [-0.15, -0.1) is 0 Å². The first-order valence-electron chi connectivity index (χ1n) is 6.23. The van der Waals surface area contributed by atoms with Gasteiger partial charge in [-0.25, -0.2) is 0 Å². The minimum absolute atomic E-state index is 0.125. The SMILES string of the molecule is CC(Cc1ccco1)NC(=O)C1CC=CCC1. The highest BCUT2D eigenvalue weighted by Crippen LogP contribution is 2.18. The molecule has 0 aliphatic heterocycles. The molecule has 2 unspecified atom stereocenters. The summed E-state index contributed by atoms with van der Waals surface area (Å²) < 4.78 is 5.27. The first-order chi connectivity index (χ1) is 8.25. The number of carbonyl (C=O) groups is 1. The van der Waals surface area contributed by atoms with Crippen LogP contribution in [0.4, 0.5) is 0 Å². The van der Waals surface area contributed by atoms with E-state index < -0.39 is 0 Å². The molecule has 1 amide bonds. The zero-order valence-electron chi connectivity index (χ0n) is 10.2. The Morgan fingerprint density at radius 1 is 1.59 bits per heavy atom. The normalized spacial score (nSPS) is 21.1. The number of furan rings is 1. The van der Waals surface area contributed by atoms with Gasteiger partial charge in [-0.3, -0.25) is 4.79 Å². The number of hydrogen-bond acceptors (Lipinski definition) is 2. The summed E-state index contributed by atoms with van der Waals surface area (Å²) in [6.07, 6.45) is 9.53. The molecule has 1 aliphatic carbocycles. The van der Waals surface area contributed by atoms with Crippen LogP contribution in [0.1, 0.15) is 31.9 Å². The van der Waals surface area contributed by atoms with Gasteiger partial charge in [0.25, 0.3) is 0 Å². The fraction of sp³-hybridized carbons (Fsp3) is 0.500. The van der Waals surface area contributed by atoms with E-state index in [4.69, 9.17) is 4.42 Å². The van der Waals surface area contributed by atoms with Crippen LogP contribution in [0.3, 0.4) is 0 Å². The van der Waals surface area contributed by atoms with Crippen molar-refractivity contribution in [2.24, 2.45) is 5.92 Å². The Morgan fingerprint density at radius 3 is 3.12 bits per heavy atom. The monoisotopic (exact) mass is 233 g/mol. The Kier molecular flexibility index (Phi) is 4.02. The van der Waals surface area contributed by atoms with Gasteiger partial charge in [0, 0.05) is 18.4 Å². The van der Waals surface area contributed by atoms with Crippen molar-refractivity contribution in [1.82, 2.24) is 5.32 Å². The van der Waals surface area contributed by atoms with Gasteiger partial charge in [-0.2, -0.15) is 0 Å². The van der Waals surface area contributed by atoms with E-state index in [1.165, 1.54) is 0 Å². The largest absolute Gasteiger partial charge is 0.469 e. The van der Waals surface area contributed by atoms with Crippen LogP contribution in [-0.4, -0.2) is 11.9 Å². The number of hydrogen-bond donors (Lipinski definition) is 1. The van der Waals surface area contributed by atoms with Crippen LogP contribution < -0.4 is 5.32 Å². The third-order valence-corrected chi connectivity index (χ3v) is 3.12. The Labute approximate surface area is 102 Å². The van der Waals surface area contributed by atoms with E-state index in [1.807, 2.05) is 19.1 Å². The first kappa shape index (κ1) is 12.0. The average Bonchev–Trinajstić information content (AvgIpc) is 2.82. The predicted octanol–water partition coefficient (Wildman–Crippen LogP) is 2.68. The Hall–Kier alpha value is -1.51. The topological polar surface area (TPSA) is 42.2 Å². The van der Waals surface area contributed by atoms with Crippen LogP contribution in [0.15, 0.2) is 35.0 Å². The van der Waals surface area contributed by atoms with Gasteiger partial charge in [0.15, 0.2) is 0 Å². The lowest BCUT2D eigenvalue weighted by molar-refractivity contribution is -0.125. The number of rotatable bonds is 4. The third kappa shape index (κ3) is 3.48. The molecule has 3 nitrogen and oxygen atoms in total. The number of allylic oxidation sites excluding steroid dienone is 2. The lowest BCUT2D eigenvalue weighted by Gasteiger charge is -2.20. The third-order valence-electron chi connectivity index (χ3n) is 3.12.